The molecule has 0 amide bonds. The number of ketones is 1. The monoisotopic (exact) mass is 361 g/mol. The van der Waals surface area contributed by atoms with Gasteiger partial charge < -0.3 is 4.90 Å². The third kappa shape index (κ3) is 3.95. The van der Waals surface area contributed by atoms with Gasteiger partial charge in [-0.2, -0.15) is 0 Å². The van der Waals surface area contributed by atoms with E-state index in [9.17, 15) is 4.79 Å². The highest BCUT2D eigenvalue weighted by Gasteiger charge is 2.29. The molecule has 4 rings (SSSR count). The summed E-state index contributed by atoms with van der Waals surface area (Å²) in [5.41, 5.74) is 3.68. The van der Waals surface area contributed by atoms with Crippen LogP contribution in [0.1, 0.15) is 53.5 Å². The average Bonchev–Trinajstić information content (AvgIpc) is 2.66. The van der Waals surface area contributed by atoms with E-state index in [2.05, 4.69) is 41.1 Å². The van der Waals surface area contributed by atoms with Crippen molar-refractivity contribution in [3.8, 4) is 0 Å². The van der Waals surface area contributed by atoms with Crippen LogP contribution in [0.2, 0.25) is 0 Å². The summed E-state index contributed by atoms with van der Waals surface area (Å²) in [6, 6.07) is 10.2. The largest absolute Gasteiger partial charge is 0.341 e. The minimum Gasteiger partial charge on any atom is -0.341 e. The van der Waals surface area contributed by atoms with Crippen molar-refractivity contribution in [2.45, 2.75) is 39.5 Å². The van der Waals surface area contributed by atoms with Crippen LogP contribution < -0.4 is 4.90 Å². The van der Waals surface area contributed by atoms with Crippen LogP contribution >= 0.6 is 0 Å². The number of nitrogens with zero attached hydrogens (tertiary/aromatic N) is 3. The second-order valence-corrected chi connectivity index (χ2v) is 7.99. The number of rotatable bonds is 3. The SMILES string of the molecule is Cc1nc(N2CCC[C@@H](C)C2)nc2c1C(=O)C[C@@H](/C=C/c1ccccc1)C2. The van der Waals surface area contributed by atoms with Crippen molar-refractivity contribution in [2.24, 2.45) is 11.8 Å². The number of allylic oxidation sites excluding steroid dienone is 1. The van der Waals surface area contributed by atoms with E-state index in [0.717, 1.165) is 48.0 Å². The van der Waals surface area contributed by atoms with Gasteiger partial charge in [-0.25, -0.2) is 9.97 Å². The molecule has 1 aromatic carbocycles. The summed E-state index contributed by atoms with van der Waals surface area (Å²) >= 11 is 0. The molecule has 4 nitrogen and oxygen atoms in total. The first-order valence-electron chi connectivity index (χ1n) is 9.99. The van der Waals surface area contributed by atoms with Crippen molar-refractivity contribution in [3.63, 3.8) is 0 Å². The number of carbonyl (C=O) groups excluding carboxylic acids is 1. The molecule has 1 aliphatic heterocycles. The summed E-state index contributed by atoms with van der Waals surface area (Å²) < 4.78 is 0. The molecule has 4 heteroatoms. The Labute approximate surface area is 161 Å². The molecular weight excluding hydrogens is 334 g/mol. The van der Waals surface area contributed by atoms with Crippen LogP contribution in [0.3, 0.4) is 0 Å². The van der Waals surface area contributed by atoms with Gasteiger partial charge in [-0.1, -0.05) is 49.4 Å². The highest BCUT2D eigenvalue weighted by atomic mass is 16.1. The maximum atomic E-state index is 12.7. The Morgan fingerprint density at radius 3 is 2.74 bits per heavy atom. The van der Waals surface area contributed by atoms with Crippen molar-refractivity contribution in [3.05, 3.63) is 58.9 Å². The molecule has 0 saturated carbocycles. The molecule has 0 radical (unpaired) electrons. The Morgan fingerprint density at radius 2 is 1.96 bits per heavy atom. The van der Waals surface area contributed by atoms with Gasteiger partial charge in [0.2, 0.25) is 5.95 Å². The molecule has 0 unspecified atom stereocenters. The summed E-state index contributed by atoms with van der Waals surface area (Å²) in [5.74, 6) is 1.85. The molecule has 1 aliphatic carbocycles. The number of anilines is 1. The second kappa shape index (κ2) is 7.63. The highest BCUT2D eigenvalue weighted by Crippen LogP contribution is 2.30. The number of Topliss-reactive ketones (excluding diaryl/α,β-unsaturated/α-hetero) is 1. The molecule has 0 spiro atoms. The molecular formula is C23H27N3O. The van der Waals surface area contributed by atoms with Gasteiger partial charge in [-0.05, 0) is 43.6 Å². The first-order valence-corrected chi connectivity index (χ1v) is 9.99. The minimum atomic E-state index is 0.176. The van der Waals surface area contributed by atoms with Crippen LogP contribution in [-0.2, 0) is 6.42 Å². The normalized spacial score (nSPS) is 22.9. The molecule has 0 N–H and O–H groups in total. The maximum absolute atomic E-state index is 12.7. The molecule has 0 bridgehead atoms. The lowest BCUT2D eigenvalue weighted by atomic mass is 9.85. The first-order chi connectivity index (χ1) is 13.1. The van der Waals surface area contributed by atoms with E-state index in [1.165, 1.54) is 12.8 Å². The minimum absolute atomic E-state index is 0.176. The number of hydrogen-bond acceptors (Lipinski definition) is 4. The van der Waals surface area contributed by atoms with Gasteiger partial charge >= 0.3 is 0 Å². The molecule has 1 fully saturated rings. The predicted octanol–water partition coefficient (Wildman–Crippen LogP) is 4.48. The van der Waals surface area contributed by atoms with Gasteiger partial charge in [0, 0.05) is 19.5 Å². The fourth-order valence-electron chi connectivity index (χ4n) is 4.25. The first kappa shape index (κ1) is 17.9. The van der Waals surface area contributed by atoms with Crippen LogP contribution in [0.5, 0.6) is 0 Å². The van der Waals surface area contributed by atoms with E-state index >= 15 is 0 Å². The van der Waals surface area contributed by atoms with Crippen LogP contribution in [0.4, 0.5) is 5.95 Å². The van der Waals surface area contributed by atoms with E-state index in [1.54, 1.807) is 0 Å². The third-order valence-corrected chi connectivity index (χ3v) is 5.64. The summed E-state index contributed by atoms with van der Waals surface area (Å²) in [7, 11) is 0. The topological polar surface area (TPSA) is 46.1 Å². The van der Waals surface area contributed by atoms with Gasteiger partial charge in [0.1, 0.15) is 0 Å². The molecule has 1 saturated heterocycles. The third-order valence-electron chi connectivity index (χ3n) is 5.64. The maximum Gasteiger partial charge on any atom is 0.225 e. The molecule has 2 aliphatic rings. The van der Waals surface area contributed by atoms with Gasteiger partial charge in [0.25, 0.3) is 0 Å². The Morgan fingerprint density at radius 1 is 1.15 bits per heavy atom. The van der Waals surface area contributed by atoms with Crippen LogP contribution in [0, 0.1) is 18.8 Å². The zero-order chi connectivity index (χ0) is 18.8. The number of fused-ring (bicyclic) bond motifs is 1. The Kier molecular flexibility index (Phi) is 5.06. The number of hydrogen-bond donors (Lipinski definition) is 0. The lowest BCUT2D eigenvalue weighted by Crippen LogP contribution is -2.36. The molecule has 27 heavy (non-hydrogen) atoms. The zero-order valence-electron chi connectivity index (χ0n) is 16.2. The molecule has 2 atom stereocenters. The Bertz CT molecular complexity index is 859. The number of carbonyl (C=O) groups is 1. The lowest BCUT2D eigenvalue weighted by molar-refractivity contribution is 0.0956. The quantitative estimate of drug-likeness (QED) is 0.809. The average molecular weight is 361 g/mol. The van der Waals surface area contributed by atoms with E-state index in [1.807, 2.05) is 25.1 Å². The zero-order valence-corrected chi connectivity index (χ0v) is 16.2. The number of aromatic nitrogens is 2. The second-order valence-electron chi connectivity index (χ2n) is 7.99. The van der Waals surface area contributed by atoms with Crippen molar-refractivity contribution < 1.29 is 4.79 Å². The number of piperidine rings is 1. The van der Waals surface area contributed by atoms with Crippen LogP contribution in [-0.4, -0.2) is 28.8 Å². The summed E-state index contributed by atoms with van der Waals surface area (Å²) in [4.78, 5) is 24.6. The van der Waals surface area contributed by atoms with Crippen LogP contribution in [0.15, 0.2) is 36.4 Å². The van der Waals surface area contributed by atoms with Gasteiger partial charge in [-0.15, -0.1) is 0 Å². The van der Waals surface area contributed by atoms with Crippen molar-refractivity contribution in [1.29, 1.82) is 0 Å². The Balaban J connectivity index is 1.58. The smallest absolute Gasteiger partial charge is 0.225 e. The number of aryl methyl sites for hydroxylation is 1. The van der Waals surface area contributed by atoms with Gasteiger partial charge in [0.05, 0.1) is 17.0 Å². The molecule has 2 heterocycles. The van der Waals surface area contributed by atoms with Crippen molar-refractivity contribution in [1.82, 2.24) is 9.97 Å². The lowest BCUT2D eigenvalue weighted by Gasteiger charge is -2.32. The van der Waals surface area contributed by atoms with E-state index in [4.69, 9.17) is 4.98 Å². The fourth-order valence-corrected chi connectivity index (χ4v) is 4.25. The predicted molar refractivity (Wildman–Crippen MR) is 109 cm³/mol. The van der Waals surface area contributed by atoms with E-state index in [0.29, 0.717) is 12.3 Å². The van der Waals surface area contributed by atoms with E-state index < -0.39 is 0 Å². The van der Waals surface area contributed by atoms with Gasteiger partial charge in [0.15, 0.2) is 5.78 Å². The molecule has 140 valence electrons. The van der Waals surface area contributed by atoms with Crippen molar-refractivity contribution >= 4 is 17.8 Å². The summed E-state index contributed by atoms with van der Waals surface area (Å²) in [5, 5.41) is 0. The summed E-state index contributed by atoms with van der Waals surface area (Å²) in [6.07, 6.45) is 8.08. The summed E-state index contributed by atoms with van der Waals surface area (Å²) in [6.45, 7) is 6.25. The molecule has 2 aromatic rings. The number of benzene rings is 1. The Hall–Kier alpha value is -2.49. The van der Waals surface area contributed by atoms with Gasteiger partial charge in [-0.3, -0.25) is 4.79 Å². The van der Waals surface area contributed by atoms with Crippen LogP contribution in [0.25, 0.3) is 6.08 Å². The van der Waals surface area contributed by atoms with Crippen molar-refractivity contribution in [2.75, 3.05) is 18.0 Å². The molecule has 1 aromatic heterocycles. The van der Waals surface area contributed by atoms with E-state index in [-0.39, 0.29) is 11.7 Å². The highest BCUT2D eigenvalue weighted by molar-refractivity contribution is 5.99. The standard InChI is InChI=1S/C23H27N3O/c1-16-7-6-12-26(15-16)23-24-17(2)22-20(25-23)13-19(14-21(22)27)11-10-18-8-4-3-5-9-18/h3-5,8-11,16,19H,6-7,12-15H2,1-2H3/b11-10+/t16-,19+/m1/s1. The fraction of sp³-hybridized carbons (Fsp3) is 0.435.